The molecule has 0 fully saturated rings. The maximum absolute atomic E-state index is 12.5. The highest BCUT2D eigenvalue weighted by atomic mass is 79.9. The van der Waals surface area contributed by atoms with Crippen molar-refractivity contribution in [1.82, 2.24) is 4.90 Å². The summed E-state index contributed by atoms with van der Waals surface area (Å²) < 4.78 is 5.77. The Hall–Kier alpha value is -2.05. The van der Waals surface area contributed by atoms with Gasteiger partial charge in [0.25, 0.3) is 5.91 Å². The third-order valence-electron chi connectivity index (χ3n) is 3.26. The molecular formula is C17H16BrClN2O3. The molecule has 0 aliphatic carbocycles. The van der Waals surface area contributed by atoms with Gasteiger partial charge in [0, 0.05) is 22.2 Å². The monoisotopic (exact) mass is 410 g/mol. The number of methoxy groups -OCH3 is 1. The lowest BCUT2D eigenvalue weighted by molar-refractivity contribution is -0.116. The molecule has 126 valence electrons. The second-order valence-electron chi connectivity index (χ2n) is 5.06. The van der Waals surface area contributed by atoms with Crippen LogP contribution in [0.2, 0.25) is 5.02 Å². The Bertz CT molecular complexity index is 750. The van der Waals surface area contributed by atoms with Crippen LogP contribution in [0.25, 0.3) is 0 Å². The van der Waals surface area contributed by atoms with Crippen LogP contribution in [0.1, 0.15) is 10.4 Å². The van der Waals surface area contributed by atoms with E-state index in [0.717, 1.165) is 0 Å². The van der Waals surface area contributed by atoms with Gasteiger partial charge in [-0.05, 0) is 58.4 Å². The zero-order valence-corrected chi connectivity index (χ0v) is 15.5. The predicted octanol–water partition coefficient (Wildman–Crippen LogP) is 3.82. The van der Waals surface area contributed by atoms with Crippen molar-refractivity contribution in [3.05, 3.63) is 57.5 Å². The van der Waals surface area contributed by atoms with E-state index in [4.69, 9.17) is 16.3 Å². The fraction of sp³-hybridized carbons (Fsp3) is 0.176. The lowest BCUT2D eigenvalue weighted by Crippen LogP contribution is -2.35. The number of carbonyl (C=O) groups is 2. The topological polar surface area (TPSA) is 58.6 Å². The molecular weight excluding hydrogens is 396 g/mol. The quantitative estimate of drug-likeness (QED) is 0.813. The number of nitrogens with zero attached hydrogens (tertiary/aromatic N) is 1. The van der Waals surface area contributed by atoms with Crippen LogP contribution in [-0.4, -0.2) is 37.4 Å². The van der Waals surface area contributed by atoms with E-state index in [1.807, 2.05) is 0 Å². The minimum absolute atomic E-state index is 0.0783. The summed E-state index contributed by atoms with van der Waals surface area (Å²) in [5.74, 6) is -0.0141. The molecule has 0 radical (unpaired) electrons. The van der Waals surface area contributed by atoms with Crippen molar-refractivity contribution >= 4 is 45.0 Å². The van der Waals surface area contributed by atoms with Crippen LogP contribution in [0, 0.1) is 0 Å². The van der Waals surface area contributed by atoms with Gasteiger partial charge in [0.05, 0.1) is 19.2 Å². The summed E-state index contributed by atoms with van der Waals surface area (Å²) in [5.41, 5.74) is 1.05. The molecule has 0 unspecified atom stereocenters. The molecule has 0 heterocycles. The average molecular weight is 412 g/mol. The molecule has 0 spiro atoms. The molecule has 1 N–H and O–H groups in total. The van der Waals surface area contributed by atoms with E-state index in [0.29, 0.717) is 26.5 Å². The van der Waals surface area contributed by atoms with Crippen molar-refractivity contribution in [3.63, 3.8) is 0 Å². The van der Waals surface area contributed by atoms with Crippen LogP contribution >= 0.6 is 27.5 Å². The molecule has 0 aromatic heterocycles. The van der Waals surface area contributed by atoms with Gasteiger partial charge in [-0.25, -0.2) is 0 Å². The smallest absolute Gasteiger partial charge is 0.255 e. The molecule has 0 bridgehead atoms. The van der Waals surface area contributed by atoms with Gasteiger partial charge in [-0.3, -0.25) is 9.59 Å². The number of anilines is 1. The van der Waals surface area contributed by atoms with Crippen LogP contribution < -0.4 is 10.1 Å². The Morgan fingerprint density at radius 1 is 1.21 bits per heavy atom. The van der Waals surface area contributed by atoms with Crippen molar-refractivity contribution in [1.29, 1.82) is 0 Å². The summed E-state index contributed by atoms with van der Waals surface area (Å²) in [7, 11) is 3.09. The van der Waals surface area contributed by atoms with Gasteiger partial charge in [0.1, 0.15) is 5.75 Å². The molecule has 2 aromatic carbocycles. The van der Waals surface area contributed by atoms with Crippen molar-refractivity contribution in [2.75, 3.05) is 26.0 Å². The molecule has 24 heavy (non-hydrogen) atoms. The van der Waals surface area contributed by atoms with E-state index in [2.05, 4.69) is 21.2 Å². The first-order valence-electron chi connectivity index (χ1n) is 7.05. The van der Waals surface area contributed by atoms with Gasteiger partial charge in [-0.15, -0.1) is 0 Å². The summed E-state index contributed by atoms with van der Waals surface area (Å²) in [5, 5.41) is 3.30. The predicted molar refractivity (Wildman–Crippen MR) is 97.7 cm³/mol. The second kappa shape index (κ2) is 8.17. The first-order chi connectivity index (χ1) is 11.4. The fourth-order valence-electron chi connectivity index (χ4n) is 2.02. The van der Waals surface area contributed by atoms with E-state index in [9.17, 15) is 9.59 Å². The summed E-state index contributed by atoms with van der Waals surface area (Å²) in [6, 6.07) is 11.8. The van der Waals surface area contributed by atoms with Crippen molar-refractivity contribution in [2.45, 2.75) is 0 Å². The SMILES string of the molecule is COc1ccc(Br)c(C(=O)N(C)CC(=O)Nc2ccc(Cl)cc2)c1. The van der Waals surface area contributed by atoms with E-state index in [1.54, 1.807) is 49.5 Å². The standard InChI is InChI=1S/C17H16BrClN2O3/c1-21(10-16(22)20-12-5-3-11(19)4-6-12)17(23)14-9-13(24-2)7-8-15(14)18/h3-9H,10H2,1-2H3,(H,20,22). The third-order valence-corrected chi connectivity index (χ3v) is 4.20. The number of likely N-dealkylation sites (N-methyl/N-ethyl adjacent to an activating group) is 1. The van der Waals surface area contributed by atoms with E-state index < -0.39 is 0 Å². The van der Waals surface area contributed by atoms with Gasteiger partial charge >= 0.3 is 0 Å². The molecule has 0 atom stereocenters. The molecule has 2 rings (SSSR count). The van der Waals surface area contributed by atoms with E-state index >= 15 is 0 Å². The van der Waals surface area contributed by atoms with E-state index in [1.165, 1.54) is 12.0 Å². The average Bonchev–Trinajstić information content (AvgIpc) is 2.56. The first-order valence-corrected chi connectivity index (χ1v) is 8.22. The molecule has 2 amide bonds. The van der Waals surface area contributed by atoms with Gasteiger partial charge < -0.3 is 15.0 Å². The van der Waals surface area contributed by atoms with Crippen LogP contribution in [0.15, 0.2) is 46.9 Å². The van der Waals surface area contributed by atoms with Crippen LogP contribution in [0.4, 0.5) is 5.69 Å². The van der Waals surface area contributed by atoms with E-state index in [-0.39, 0.29) is 18.4 Å². The third kappa shape index (κ3) is 4.72. The van der Waals surface area contributed by atoms with Gasteiger partial charge in [-0.1, -0.05) is 11.6 Å². The molecule has 0 saturated heterocycles. The molecule has 0 aliphatic heterocycles. The second-order valence-corrected chi connectivity index (χ2v) is 6.35. The number of hydrogen-bond acceptors (Lipinski definition) is 3. The Morgan fingerprint density at radius 3 is 2.50 bits per heavy atom. The molecule has 2 aromatic rings. The van der Waals surface area contributed by atoms with Crippen LogP contribution in [0.3, 0.4) is 0 Å². The van der Waals surface area contributed by atoms with Crippen LogP contribution in [-0.2, 0) is 4.79 Å². The van der Waals surface area contributed by atoms with Crippen LogP contribution in [0.5, 0.6) is 5.75 Å². The zero-order valence-electron chi connectivity index (χ0n) is 13.2. The maximum Gasteiger partial charge on any atom is 0.255 e. The largest absolute Gasteiger partial charge is 0.497 e. The number of ether oxygens (including phenoxy) is 1. The highest BCUT2D eigenvalue weighted by Crippen LogP contribution is 2.23. The number of amides is 2. The first kappa shape index (κ1) is 18.3. The molecule has 0 aliphatic rings. The number of carbonyl (C=O) groups excluding carboxylic acids is 2. The van der Waals surface area contributed by atoms with Crippen molar-refractivity contribution in [2.24, 2.45) is 0 Å². The molecule has 7 heteroatoms. The highest BCUT2D eigenvalue weighted by Gasteiger charge is 2.18. The van der Waals surface area contributed by atoms with Crippen molar-refractivity contribution < 1.29 is 14.3 Å². The number of benzene rings is 2. The maximum atomic E-state index is 12.5. The summed E-state index contributed by atoms with van der Waals surface area (Å²) >= 11 is 9.14. The number of hydrogen-bond donors (Lipinski definition) is 1. The summed E-state index contributed by atoms with van der Waals surface area (Å²) in [4.78, 5) is 25.9. The normalized spacial score (nSPS) is 10.2. The lowest BCUT2D eigenvalue weighted by atomic mass is 10.2. The Labute approximate surface area is 153 Å². The van der Waals surface area contributed by atoms with Gasteiger partial charge in [-0.2, -0.15) is 0 Å². The zero-order chi connectivity index (χ0) is 17.7. The Balaban J connectivity index is 2.03. The minimum Gasteiger partial charge on any atom is -0.497 e. The van der Waals surface area contributed by atoms with Crippen molar-refractivity contribution in [3.8, 4) is 5.75 Å². The molecule has 0 saturated carbocycles. The minimum atomic E-state index is -0.299. The highest BCUT2D eigenvalue weighted by molar-refractivity contribution is 9.10. The molecule has 5 nitrogen and oxygen atoms in total. The number of halogens is 2. The number of nitrogens with one attached hydrogen (secondary N) is 1. The number of rotatable bonds is 5. The Morgan fingerprint density at radius 2 is 1.88 bits per heavy atom. The fourth-order valence-corrected chi connectivity index (χ4v) is 2.56. The Kier molecular flexibility index (Phi) is 6.23. The van der Waals surface area contributed by atoms with Gasteiger partial charge in [0.15, 0.2) is 0 Å². The summed E-state index contributed by atoms with van der Waals surface area (Å²) in [6.07, 6.45) is 0. The lowest BCUT2D eigenvalue weighted by Gasteiger charge is -2.18. The summed E-state index contributed by atoms with van der Waals surface area (Å²) in [6.45, 7) is -0.0783. The van der Waals surface area contributed by atoms with Gasteiger partial charge in [0.2, 0.25) is 5.91 Å².